The van der Waals surface area contributed by atoms with E-state index in [1.54, 1.807) is 0 Å². The van der Waals surface area contributed by atoms with Gasteiger partial charge in [0.25, 0.3) is 0 Å². The molecule has 0 saturated carbocycles. The minimum absolute atomic E-state index is 0.167. The Bertz CT molecular complexity index is 954. The smallest absolute Gasteiger partial charge is 0.124 e. The highest BCUT2D eigenvalue weighted by Crippen LogP contribution is 2.27. The van der Waals surface area contributed by atoms with Crippen LogP contribution < -0.4 is 0 Å². The van der Waals surface area contributed by atoms with Crippen LogP contribution in [0, 0.1) is 0 Å². The van der Waals surface area contributed by atoms with Gasteiger partial charge in [-0.15, -0.1) is 0 Å². The van der Waals surface area contributed by atoms with Crippen molar-refractivity contribution in [3.8, 4) is 0 Å². The first kappa shape index (κ1) is 17.9. The van der Waals surface area contributed by atoms with Gasteiger partial charge in [-0.25, -0.2) is 4.98 Å². The van der Waals surface area contributed by atoms with E-state index in [4.69, 9.17) is 4.98 Å². The van der Waals surface area contributed by atoms with E-state index in [1.807, 2.05) is 0 Å². The lowest BCUT2D eigenvalue weighted by molar-refractivity contribution is 0.0505. The summed E-state index contributed by atoms with van der Waals surface area (Å²) in [4.78, 5) is 10.00. The third-order valence-electron chi connectivity index (χ3n) is 6.33. The number of aliphatic hydroxyl groups excluding tert-OH is 1. The van der Waals surface area contributed by atoms with Crippen molar-refractivity contribution < 1.29 is 5.11 Å². The quantitative estimate of drug-likeness (QED) is 0.760. The molecular weight excluding hydrogens is 348 g/mol. The lowest BCUT2D eigenvalue weighted by atomic mass is 10.1. The maximum atomic E-state index is 10.0. The highest BCUT2D eigenvalue weighted by molar-refractivity contribution is 5.76. The van der Waals surface area contributed by atoms with E-state index in [9.17, 15) is 5.11 Å². The number of hydrogen-bond acceptors (Lipinski definition) is 4. The van der Waals surface area contributed by atoms with Crippen LogP contribution in [-0.2, 0) is 13.1 Å². The minimum atomic E-state index is -0.167. The normalized spacial score (nSPS) is 26.0. The van der Waals surface area contributed by atoms with Gasteiger partial charge in [0.05, 0.1) is 23.7 Å². The third kappa shape index (κ3) is 3.34. The van der Waals surface area contributed by atoms with Crippen LogP contribution in [0.3, 0.4) is 0 Å². The molecule has 2 aliphatic heterocycles. The van der Waals surface area contributed by atoms with E-state index >= 15 is 0 Å². The van der Waals surface area contributed by atoms with Crippen LogP contribution in [0.1, 0.15) is 24.7 Å². The van der Waals surface area contributed by atoms with Crippen molar-refractivity contribution in [1.29, 1.82) is 0 Å². The molecule has 3 atom stereocenters. The molecule has 1 N–H and O–H groups in total. The molecule has 2 aliphatic rings. The number of aromatic nitrogens is 2. The number of rotatable bonds is 4. The molecule has 5 heteroatoms. The average Bonchev–Trinajstić information content (AvgIpc) is 3.22. The molecule has 0 spiro atoms. The van der Waals surface area contributed by atoms with Gasteiger partial charge in [-0.3, -0.25) is 9.80 Å². The van der Waals surface area contributed by atoms with Crippen molar-refractivity contribution >= 4 is 11.0 Å². The van der Waals surface area contributed by atoms with Crippen molar-refractivity contribution in [2.24, 2.45) is 0 Å². The molecule has 2 aromatic carbocycles. The Balaban J connectivity index is 1.44. The Hall–Kier alpha value is -2.21. The van der Waals surface area contributed by atoms with E-state index < -0.39 is 0 Å². The monoisotopic (exact) mass is 376 g/mol. The second kappa shape index (κ2) is 7.32. The molecule has 28 heavy (non-hydrogen) atoms. The molecule has 0 radical (unpaired) electrons. The molecule has 0 amide bonds. The second-order valence-electron chi connectivity index (χ2n) is 8.36. The topological polar surface area (TPSA) is 44.5 Å². The molecule has 0 unspecified atom stereocenters. The first-order chi connectivity index (χ1) is 13.7. The zero-order valence-electron chi connectivity index (χ0n) is 16.4. The zero-order valence-corrected chi connectivity index (χ0v) is 16.4. The van der Waals surface area contributed by atoms with Crippen LogP contribution in [0.5, 0.6) is 0 Å². The van der Waals surface area contributed by atoms with Crippen LogP contribution in [0.4, 0.5) is 0 Å². The largest absolute Gasteiger partial charge is 0.392 e. The zero-order chi connectivity index (χ0) is 19.1. The highest BCUT2D eigenvalue weighted by atomic mass is 16.3. The fourth-order valence-corrected chi connectivity index (χ4v) is 4.87. The van der Waals surface area contributed by atoms with E-state index in [-0.39, 0.29) is 6.10 Å². The van der Waals surface area contributed by atoms with Crippen LogP contribution in [0.2, 0.25) is 0 Å². The van der Waals surface area contributed by atoms with Gasteiger partial charge in [-0.1, -0.05) is 42.5 Å². The summed E-state index contributed by atoms with van der Waals surface area (Å²) in [6, 6.07) is 20.0. The van der Waals surface area contributed by atoms with Crippen molar-refractivity contribution in [3.63, 3.8) is 0 Å². The van der Waals surface area contributed by atoms with Gasteiger partial charge in [0, 0.05) is 38.3 Å². The third-order valence-corrected chi connectivity index (χ3v) is 6.33. The Labute approximate surface area is 166 Å². The maximum absolute atomic E-state index is 10.0. The first-order valence-electron chi connectivity index (χ1n) is 10.3. The fourth-order valence-electron chi connectivity index (χ4n) is 4.87. The van der Waals surface area contributed by atoms with Gasteiger partial charge in [0.1, 0.15) is 5.82 Å². The SMILES string of the molecule is C[C@@H]1CN2C[C@H](O)C[C@H]2CN1Cc1nc2ccccc2n1Cc1ccccc1. The summed E-state index contributed by atoms with van der Waals surface area (Å²) in [6.07, 6.45) is 0.726. The summed E-state index contributed by atoms with van der Waals surface area (Å²) in [5, 5.41) is 10.0. The van der Waals surface area contributed by atoms with Crippen LogP contribution >= 0.6 is 0 Å². The van der Waals surface area contributed by atoms with Crippen molar-refractivity contribution in [2.45, 2.75) is 44.6 Å². The summed E-state index contributed by atoms with van der Waals surface area (Å²) in [7, 11) is 0. The van der Waals surface area contributed by atoms with E-state index in [0.29, 0.717) is 12.1 Å². The number of nitrogens with zero attached hydrogens (tertiary/aromatic N) is 4. The van der Waals surface area contributed by atoms with Gasteiger partial charge in [-0.05, 0) is 31.0 Å². The predicted molar refractivity (Wildman–Crippen MR) is 111 cm³/mol. The standard InChI is InChI=1S/C23H28N4O/c1-17-12-26-15-20(28)11-19(26)14-25(17)16-23-24-21-9-5-6-10-22(21)27(23)13-18-7-3-2-4-8-18/h2-10,17,19-20,28H,11-16H2,1H3/t17-,19+,20-/m1/s1. The second-order valence-corrected chi connectivity index (χ2v) is 8.36. The van der Waals surface area contributed by atoms with Crippen molar-refractivity contribution in [1.82, 2.24) is 19.4 Å². The number of aliphatic hydroxyl groups is 1. The molecule has 3 aromatic rings. The molecule has 0 aliphatic carbocycles. The number of imidazole rings is 1. The van der Waals surface area contributed by atoms with Gasteiger partial charge in [0.2, 0.25) is 0 Å². The Morgan fingerprint density at radius 1 is 0.964 bits per heavy atom. The molecule has 3 heterocycles. The van der Waals surface area contributed by atoms with Gasteiger partial charge in [-0.2, -0.15) is 0 Å². The summed E-state index contributed by atoms with van der Waals surface area (Å²) in [5.41, 5.74) is 3.56. The molecule has 5 nitrogen and oxygen atoms in total. The lowest BCUT2D eigenvalue weighted by Gasteiger charge is -2.42. The fraction of sp³-hybridized carbons (Fsp3) is 0.435. The summed E-state index contributed by atoms with van der Waals surface area (Å²) >= 11 is 0. The van der Waals surface area contributed by atoms with Crippen molar-refractivity contribution in [3.05, 3.63) is 66.0 Å². The molecule has 146 valence electrons. The number of para-hydroxylation sites is 2. The van der Waals surface area contributed by atoms with E-state index in [2.05, 4.69) is 75.9 Å². The van der Waals surface area contributed by atoms with E-state index in [1.165, 1.54) is 11.1 Å². The summed E-state index contributed by atoms with van der Waals surface area (Å²) in [5.74, 6) is 1.13. The summed E-state index contributed by atoms with van der Waals surface area (Å²) < 4.78 is 2.37. The number of piperazine rings is 1. The Morgan fingerprint density at radius 3 is 2.61 bits per heavy atom. The van der Waals surface area contributed by atoms with Gasteiger partial charge in [0.15, 0.2) is 0 Å². The first-order valence-corrected chi connectivity index (χ1v) is 10.3. The molecule has 2 saturated heterocycles. The van der Waals surface area contributed by atoms with Crippen molar-refractivity contribution in [2.75, 3.05) is 19.6 Å². The Morgan fingerprint density at radius 2 is 1.75 bits per heavy atom. The number of fused-ring (bicyclic) bond motifs is 2. The number of benzene rings is 2. The van der Waals surface area contributed by atoms with Crippen LogP contribution in [0.15, 0.2) is 54.6 Å². The van der Waals surface area contributed by atoms with E-state index in [0.717, 1.165) is 50.5 Å². The Kier molecular flexibility index (Phi) is 4.67. The molecule has 2 fully saturated rings. The molecule has 5 rings (SSSR count). The van der Waals surface area contributed by atoms with Gasteiger partial charge >= 0.3 is 0 Å². The molecule has 0 bridgehead atoms. The average molecular weight is 377 g/mol. The van der Waals surface area contributed by atoms with Gasteiger partial charge < -0.3 is 9.67 Å². The van der Waals surface area contributed by atoms with Crippen LogP contribution in [-0.4, -0.2) is 62.3 Å². The number of hydrogen-bond donors (Lipinski definition) is 1. The lowest BCUT2D eigenvalue weighted by Crippen LogP contribution is -2.54. The molecule has 1 aromatic heterocycles. The maximum Gasteiger partial charge on any atom is 0.124 e. The minimum Gasteiger partial charge on any atom is -0.392 e. The summed E-state index contributed by atoms with van der Waals surface area (Å²) in [6.45, 7) is 6.85. The van der Waals surface area contributed by atoms with Crippen LogP contribution in [0.25, 0.3) is 11.0 Å². The highest BCUT2D eigenvalue weighted by Gasteiger charge is 2.38. The molecular formula is C23H28N4O. The predicted octanol–water partition coefficient (Wildman–Crippen LogP) is 2.72.